The summed E-state index contributed by atoms with van der Waals surface area (Å²) in [4.78, 5) is 16.7. The van der Waals surface area contributed by atoms with Gasteiger partial charge in [-0.2, -0.15) is 8.78 Å². The number of carbonyl (C=O) groups is 1. The van der Waals surface area contributed by atoms with Crippen LogP contribution in [-0.4, -0.2) is 22.5 Å². The number of alkyl halides is 2. The summed E-state index contributed by atoms with van der Waals surface area (Å²) in [5.41, 5.74) is 5.07. The maximum Gasteiger partial charge on any atom is 0.319 e. The van der Waals surface area contributed by atoms with Gasteiger partial charge in [0.2, 0.25) is 0 Å². The Balaban J connectivity index is 2.39. The van der Waals surface area contributed by atoms with Gasteiger partial charge in [-0.05, 0) is 12.1 Å². The lowest BCUT2D eigenvalue weighted by atomic mass is 10.1. The van der Waals surface area contributed by atoms with Gasteiger partial charge in [0.05, 0.1) is 17.8 Å². The molecule has 0 aliphatic rings. The molecule has 0 atom stereocenters. The monoisotopic (exact) mass is 376 g/mol. The van der Waals surface area contributed by atoms with Crippen molar-refractivity contribution in [3.63, 3.8) is 0 Å². The van der Waals surface area contributed by atoms with Crippen molar-refractivity contribution in [3.05, 3.63) is 46.2 Å². The maximum atomic E-state index is 13.9. The molecule has 0 fully saturated rings. The first-order chi connectivity index (χ1) is 10.3. The van der Waals surface area contributed by atoms with Crippen molar-refractivity contribution in [2.24, 2.45) is 5.73 Å². The van der Waals surface area contributed by atoms with Gasteiger partial charge in [0.15, 0.2) is 0 Å². The van der Waals surface area contributed by atoms with Crippen LogP contribution < -0.4 is 10.6 Å². The van der Waals surface area contributed by atoms with E-state index in [1.54, 1.807) is 0 Å². The minimum atomic E-state index is -2.74. The molecule has 1 heterocycles. The molecule has 0 aliphatic heterocycles. The van der Waals surface area contributed by atoms with Crippen LogP contribution in [0.15, 0.2) is 29.0 Å². The molecule has 0 bridgehead atoms. The smallest absolute Gasteiger partial charge is 0.319 e. The molecular weight excluding hydrogens is 365 g/mol. The fourth-order valence-electron chi connectivity index (χ4n) is 2.05. The first-order valence-corrected chi connectivity index (χ1v) is 6.90. The summed E-state index contributed by atoms with van der Waals surface area (Å²) in [6.07, 6.45) is 2.39. The fourth-order valence-corrected chi connectivity index (χ4v) is 2.46. The number of benzene rings is 1. The minimum absolute atomic E-state index is 0.0481. The zero-order valence-electron chi connectivity index (χ0n) is 11.4. The molecule has 0 unspecified atom stereocenters. The highest BCUT2D eigenvalue weighted by molar-refractivity contribution is 9.10. The van der Waals surface area contributed by atoms with E-state index in [-0.39, 0.29) is 23.6 Å². The number of imidazole rings is 1. The van der Waals surface area contributed by atoms with Gasteiger partial charge >= 0.3 is 6.55 Å². The Morgan fingerprint density at radius 3 is 2.77 bits per heavy atom. The normalized spacial score (nSPS) is 11.0. The van der Waals surface area contributed by atoms with Crippen LogP contribution in [0.1, 0.15) is 22.7 Å². The van der Waals surface area contributed by atoms with Crippen molar-refractivity contribution in [2.75, 3.05) is 11.9 Å². The van der Waals surface area contributed by atoms with Gasteiger partial charge in [-0.25, -0.2) is 9.37 Å². The van der Waals surface area contributed by atoms with Crippen LogP contribution in [0.3, 0.4) is 0 Å². The van der Waals surface area contributed by atoms with Gasteiger partial charge in [0, 0.05) is 23.9 Å². The fraction of sp³-hybridized carbons (Fsp3) is 0.231. The van der Waals surface area contributed by atoms with Crippen molar-refractivity contribution in [1.29, 1.82) is 0 Å². The van der Waals surface area contributed by atoms with Gasteiger partial charge in [0.1, 0.15) is 11.6 Å². The number of halogens is 4. The van der Waals surface area contributed by atoms with E-state index >= 15 is 0 Å². The van der Waals surface area contributed by atoms with Crippen LogP contribution >= 0.6 is 15.9 Å². The second kappa shape index (κ2) is 6.39. The van der Waals surface area contributed by atoms with Crippen LogP contribution in [-0.2, 0) is 6.54 Å². The lowest BCUT2D eigenvalue weighted by molar-refractivity contribution is 0.0670. The topological polar surface area (TPSA) is 64.2 Å². The van der Waals surface area contributed by atoms with Crippen LogP contribution in [0.2, 0.25) is 0 Å². The average molecular weight is 377 g/mol. The summed E-state index contributed by atoms with van der Waals surface area (Å²) in [6, 6.07) is 2.59. The van der Waals surface area contributed by atoms with Crippen LogP contribution in [0.4, 0.5) is 18.9 Å². The first kappa shape index (κ1) is 16.3. The molecule has 2 N–H and O–H groups in total. The molecule has 1 aromatic carbocycles. The molecule has 22 heavy (non-hydrogen) atoms. The number of hydrogen-bond acceptors (Lipinski definition) is 3. The molecule has 9 heteroatoms. The second-order valence-corrected chi connectivity index (χ2v) is 5.45. The van der Waals surface area contributed by atoms with Gasteiger partial charge < -0.3 is 10.6 Å². The Labute approximate surface area is 132 Å². The third-order valence-corrected chi connectivity index (χ3v) is 3.49. The molecule has 1 aromatic heterocycles. The molecule has 0 aliphatic carbocycles. The molecule has 0 spiro atoms. The predicted molar refractivity (Wildman–Crippen MR) is 78.2 cm³/mol. The summed E-state index contributed by atoms with van der Waals surface area (Å²) in [7, 11) is 1.53. The molecular formula is C13H12BrF3N4O. The van der Waals surface area contributed by atoms with E-state index in [0.29, 0.717) is 9.04 Å². The number of carbonyl (C=O) groups excluding carboxylic acids is 1. The van der Waals surface area contributed by atoms with E-state index in [4.69, 9.17) is 5.73 Å². The van der Waals surface area contributed by atoms with E-state index in [1.807, 2.05) is 0 Å². The Hall–Kier alpha value is -2.03. The molecule has 1 amide bonds. The molecule has 2 aromatic rings. The zero-order chi connectivity index (χ0) is 16.4. The van der Waals surface area contributed by atoms with E-state index in [9.17, 15) is 18.0 Å². The standard InChI is InChI=1S/C13H12BrF3N4O/c1-20(6-10-19-2-3-21(10)13(16)17)9-5-7(14)4-8(15)11(9)12(18)22/h2-5,13H,6H2,1H3,(H2,18,22). The average Bonchev–Trinajstić information content (AvgIpc) is 2.85. The number of aromatic nitrogens is 2. The van der Waals surface area contributed by atoms with E-state index in [1.165, 1.54) is 24.2 Å². The summed E-state index contributed by atoms with van der Waals surface area (Å²) in [6.45, 7) is -2.78. The van der Waals surface area contributed by atoms with Crippen LogP contribution in [0.25, 0.3) is 0 Å². The Bertz CT molecular complexity index is 705. The predicted octanol–water partition coefficient (Wildman–Crippen LogP) is 2.92. The van der Waals surface area contributed by atoms with Crippen molar-refractivity contribution in [3.8, 4) is 0 Å². The summed E-state index contributed by atoms with van der Waals surface area (Å²) < 4.78 is 40.6. The Morgan fingerprint density at radius 2 is 2.18 bits per heavy atom. The third-order valence-electron chi connectivity index (χ3n) is 3.03. The van der Waals surface area contributed by atoms with E-state index in [2.05, 4.69) is 20.9 Å². The second-order valence-electron chi connectivity index (χ2n) is 4.53. The number of rotatable bonds is 5. The molecule has 0 saturated carbocycles. The highest BCUT2D eigenvalue weighted by atomic mass is 79.9. The maximum absolute atomic E-state index is 13.9. The molecule has 5 nitrogen and oxygen atoms in total. The molecule has 2 rings (SSSR count). The number of nitrogens with two attached hydrogens (primary N) is 1. The number of hydrogen-bond donors (Lipinski definition) is 1. The zero-order valence-corrected chi connectivity index (χ0v) is 13.0. The number of primary amides is 1. The highest BCUT2D eigenvalue weighted by Gasteiger charge is 2.20. The van der Waals surface area contributed by atoms with Crippen molar-refractivity contribution >= 4 is 27.5 Å². The number of nitrogens with zero attached hydrogens (tertiary/aromatic N) is 3. The van der Waals surface area contributed by atoms with Crippen LogP contribution in [0.5, 0.6) is 0 Å². The SMILES string of the molecule is CN(Cc1nccn1C(F)F)c1cc(Br)cc(F)c1C(N)=O. The number of amides is 1. The van der Waals surface area contributed by atoms with Crippen molar-refractivity contribution < 1.29 is 18.0 Å². The Kier molecular flexibility index (Phi) is 4.74. The molecule has 0 radical (unpaired) electrons. The van der Waals surface area contributed by atoms with E-state index in [0.717, 1.165) is 12.3 Å². The molecule has 118 valence electrons. The third kappa shape index (κ3) is 3.24. The van der Waals surface area contributed by atoms with Gasteiger partial charge in [-0.1, -0.05) is 15.9 Å². The summed E-state index contributed by atoms with van der Waals surface area (Å²) >= 11 is 3.12. The molecule has 0 saturated heterocycles. The highest BCUT2D eigenvalue weighted by Crippen LogP contribution is 2.28. The lowest BCUT2D eigenvalue weighted by Crippen LogP contribution is -2.25. The minimum Gasteiger partial charge on any atom is -0.366 e. The summed E-state index contributed by atoms with van der Waals surface area (Å²) in [5.74, 6) is -1.65. The van der Waals surface area contributed by atoms with Gasteiger partial charge in [-0.3, -0.25) is 9.36 Å². The lowest BCUT2D eigenvalue weighted by Gasteiger charge is -2.22. The van der Waals surface area contributed by atoms with Crippen molar-refractivity contribution in [1.82, 2.24) is 9.55 Å². The van der Waals surface area contributed by atoms with Gasteiger partial charge in [0.25, 0.3) is 5.91 Å². The number of anilines is 1. The first-order valence-electron chi connectivity index (χ1n) is 6.11. The van der Waals surface area contributed by atoms with E-state index < -0.39 is 18.3 Å². The largest absolute Gasteiger partial charge is 0.366 e. The van der Waals surface area contributed by atoms with Crippen LogP contribution in [0, 0.1) is 5.82 Å². The Morgan fingerprint density at radius 1 is 1.50 bits per heavy atom. The van der Waals surface area contributed by atoms with Gasteiger partial charge in [-0.15, -0.1) is 0 Å². The summed E-state index contributed by atoms with van der Waals surface area (Å²) in [5, 5.41) is 0. The van der Waals surface area contributed by atoms with Crippen molar-refractivity contribution in [2.45, 2.75) is 13.1 Å². The quantitative estimate of drug-likeness (QED) is 0.872.